The Morgan fingerprint density at radius 2 is 1.59 bits per heavy atom. The molecule has 2 aliphatic rings. The average molecular weight is 392 g/mol. The summed E-state index contributed by atoms with van der Waals surface area (Å²) in [6.07, 6.45) is 6.20. The molecule has 1 aliphatic heterocycles. The molecule has 0 aromatic heterocycles. The van der Waals surface area contributed by atoms with Crippen molar-refractivity contribution < 1.29 is 9.59 Å². The third-order valence-electron chi connectivity index (χ3n) is 6.03. The maximum atomic E-state index is 13.1. The summed E-state index contributed by atoms with van der Waals surface area (Å²) in [5, 5.41) is 9.49. The average Bonchev–Trinajstić information content (AvgIpc) is 2.78. The number of amides is 2. The van der Waals surface area contributed by atoms with Gasteiger partial charge in [0.2, 0.25) is 11.8 Å². The van der Waals surface area contributed by atoms with E-state index in [1.807, 2.05) is 42.5 Å². The molecule has 5 nitrogen and oxygen atoms in total. The van der Waals surface area contributed by atoms with Crippen molar-refractivity contribution in [2.75, 3.05) is 0 Å². The quantitative estimate of drug-likeness (QED) is 0.734. The van der Waals surface area contributed by atoms with Gasteiger partial charge in [-0.05, 0) is 36.0 Å². The molecule has 29 heavy (non-hydrogen) atoms. The van der Waals surface area contributed by atoms with Crippen LogP contribution in [-0.4, -0.2) is 23.9 Å². The number of hydrogen-bond donors (Lipinski definition) is 3. The van der Waals surface area contributed by atoms with Crippen molar-refractivity contribution in [1.29, 1.82) is 0 Å². The lowest BCUT2D eigenvalue weighted by atomic mass is 9.94. The standard InChI is InChI=1S/C24H29N3O2/c28-23(21-15-18-11-7-8-12-19(18)16-25-21)27-22(17-9-3-1-4-10-17)24(29)26-20-13-5-2-6-14-20/h1,3-4,7-12,20-22,25H,2,5-6,13-16H2,(H,26,29)(H,27,28). The van der Waals surface area contributed by atoms with E-state index in [0.717, 1.165) is 31.2 Å². The van der Waals surface area contributed by atoms with Crippen LogP contribution >= 0.6 is 0 Å². The van der Waals surface area contributed by atoms with Gasteiger partial charge < -0.3 is 16.0 Å². The zero-order chi connectivity index (χ0) is 20.1. The Kier molecular flexibility index (Phi) is 6.25. The van der Waals surface area contributed by atoms with E-state index >= 15 is 0 Å². The van der Waals surface area contributed by atoms with Crippen LogP contribution in [0.25, 0.3) is 0 Å². The van der Waals surface area contributed by atoms with E-state index in [4.69, 9.17) is 0 Å². The number of hydrogen-bond acceptors (Lipinski definition) is 3. The van der Waals surface area contributed by atoms with E-state index in [9.17, 15) is 9.59 Å². The van der Waals surface area contributed by atoms with Crippen molar-refractivity contribution in [3.8, 4) is 0 Å². The van der Waals surface area contributed by atoms with E-state index < -0.39 is 6.04 Å². The highest BCUT2D eigenvalue weighted by Gasteiger charge is 2.30. The summed E-state index contributed by atoms with van der Waals surface area (Å²) < 4.78 is 0. The molecule has 3 N–H and O–H groups in total. The third kappa shape index (κ3) is 4.85. The molecule has 1 saturated carbocycles. The zero-order valence-electron chi connectivity index (χ0n) is 16.7. The molecule has 2 aromatic rings. The molecule has 0 spiro atoms. The molecule has 1 fully saturated rings. The molecule has 152 valence electrons. The van der Waals surface area contributed by atoms with E-state index in [-0.39, 0.29) is 23.9 Å². The highest BCUT2D eigenvalue weighted by Crippen LogP contribution is 2.21. The molecular formula is C24H29N3O2. The molecule has 2 aromatic carbocycles. The van der Waals surface area contributed by atoms with Gasteiger partial charge in [-0.1, -0.05) is 73.9 Å². The minimum Gasteiger partial charge on any atom is -0.351 e. The number of carbonyl (C=O) groups excluding carboxylic acids is 2. The summed E-state index contributed by atoms with van der Waals surface area (Å²) in [5.74, 6) is -0.250. The van der Waals surface area contributed by atoms with Gasteiger partial charge in [0.25, 0.3) is 0 Å². The predicted octanol–water partition coefficient (Wildman–Crippen LogP) is 3.01. The summed E-state index contributed by atoms with van der Waals surface area (Å²) in [4.78, 5) is 26.1. The summed E-state index contributed by atoms with van der Waals surface area (Å²) in [6, 6.07) is 16.9. The fourth-order valence-corrected chi connectivity index (χ4v) is 4.36. The first-order valence-corrected chi connectivity index (χ1v) is 10.7. The van der Waals surface area contributed by atoms with E-state index in [1.165, 1.54) is 17.5 Å². The summed E-state index contributed by atoms with van der Waals surface area (Å²) in [7, 11) is 0. The number of carbonyl (C=O) groups is 2. The molecule has 2 amide bonds. The van der Waals surface area contributed by atoms with Crippen LogP contribution in [0.4, 0.5) is 0 Å². The molecule has 2 unspecified atom stereocenters. The SMILES string of the molecule is O=C(NC(C(=O)NC1CCCCC1)c1ccccc1)C1Cc2ccccc2CN1. The normalized spacial score (nSPS) is 20.3. The van der Waals surface area contributed by atoms with Crippen LogP contribution in [0, 0.1) is 0 Å². The molecule has 0 bridgehead atoms. The summed E-state index contributed by atoms with van der Waals surface area (Å²) in [6.45, 7) is 0.665. The van der Waals surface area contributed by atoms with Crippen LogP contribution in [-0.2, 0) is 22.6 Å². The Balaban J connectivity index is 1.46. The summed E-state index contributed by atoms with van der Waals surface area (Å²) >= 11 is 0. The zero-order valence-corrected chi connectivity index (χ0v) is 16.7. The Labute approximate surface area is 172 Å². The van der Waals surface area contributed by atoms with Gasteiger partial charge in [0.15, 0.2) is 0 Å². The maximum absolute atomic E-state index is 13.1. The second-order valence-corrected chi connectivity index (χ2v) is 8.10. The first-order valence-electron chi connectivity index (χ1n) is 10.7. The molecule has 0 saturated heterocycles. The van der Waals surface area contributed by atoms with Gasteiger partial charge in [-0.3, -0.25) is 9.59 Å². The van der Waals surface area contributed by atoms with Crippen LogP contribution < -0.4 is 16.0 Å². The fourth-order valence-electron chi connectivity index (χ4n) is 4.36. The van der Waals surface area contributed by atoms with Crippen molar-refractivity contribution in [1.82, 2.24) is 16.0 Å². The first-order chi connectivity index (χ1) is 14.2. The molecule has 0 radical (unpaired) electrons. The molecule has 2 atom stereocenters. The van der Waals surface area contributed by atoms with Crippen molar-refractivity contribution in [3.63, 3.8) is 0 Å². The van der Waals surface area contributed by atoms with Gasteiger partial charge >= 0.3 is 0 Å². The Hall–Kier alpha value is -2.66. The second kappa shape index (κ2) is 9.23. The number of fused-ring (bicyclic) bond motifs is 1. The monoisotopic (exact) mass is 391 g/mol. The van der Waals surface area contributed by atoms with Crippen molar-refractivity contribution >= 4 is 11.8 Å². The van der Waals surface area contributed by atoms with Gasteiger partial charge in [-0.15, -0.1) is 0 Å². The van der Waals surface area contributed by atoms with Crippen molar-refractivity contribution in [3.05, 3.63) is 71.3 Å². The Morgan fingerprint density at radius 1 is 0.897 bits per heavy atom. The molecule has 5 heteroatoms. The maximum Gasteiger partial charge on any atom is 0.247 e. The van der Waals surface area contributed by atoms with Crippen LogP contribution in [0.3, 0.4) is 0 Å². The van der Waals surface area contributed by atoms with Crippen LogP contribution in [0.15, 0.2) is 54.6 Å². The Morgan fingerprint density at radius 3 is 2.34 bits per heavy atom. The van der Waals surface area contributed by atoms with Crippen LogP contribution in [0.1, 0.15) is 54.8 Å². The van der Waals surface area contributed by atoms with Gasteiger partial charge in [0, 0.05) is 12.6 Å². The third-order valence-corrected chi connectivity index (χ3v) is 6.03. The van der Waals surface area contributed by atoms with E-state index in [1.54, 1.807) is 0 Å². The Bertz CT molecular complexity index is 846. The second-order valence-electron chi connectivity index (χ2n) is 8.10. The van der Waals surface area contributed by atoms with Gasteiger partial charge in [0.1, 0.15) is 6.04 Å². The number of nitrogens with one attached hydrogen (secondary N) is 3. The lowest BCUT2D eigenvalue weighted by Gasteiger charge is -2.29. The van der Waals surface area contributed by atoms with Crippen LogP contribution in [0.5, 0.6) is 0 Å². The number of rotatable bonds is 5. The van der Waals surface area contributed by atoms with E-state index in [0.29, 0.717) is 13.0 Å². The topological polar surface area (TPSA) is 70.2 Å². The van der Waals surface area contributed by atoms with Gasteiger partial charge in [-0.2, -0.15) is 0 Å². The van der Waals surface area contributed by atoms with Crippen molar-refractivity contribution in [2.24, 2.45) is 0 Å². The van der Waals surface area contributed by atoms with Gasteiger partial charge in [0.05, 0.1) is 6.04 Å². The fraction of sp³-hybridized carbons (Fsp3) is 0.417. The van der Waals surface area contributed by atoms with Gasteiger partial charge in [-0.25, -0.2) is 0 Å². The highest BCUT2D eigenvalue weighted by atomic mass is 16.2. The molecule has 4 rings (SSSR count). The first kappa shape index (κ1) is 19.6. The smallest absolute Gasteiger partial charge is 0.247 e. The summed E-state index contributed by atoms with van der Waals surface area (Å²) in [5.41, 5.74) is 3.23. The minimum absolute atomic E-state index is 0.118. The largest absolute Gasteiger partial charge is 0.351 e. The lowest BCUT2D eigenvalue weighted by molar-refractivity contribution is -0.130. The van der Waals surface area contributed by atoms with Crippen LogP contribution in [0.2, 0.25) is 0 Å². The molecular weight excluding hydrogens is 362 g/mol. The molecule has 1 heterocycles. The minimum atomic E-state index is -0.676. The van der Waals surface area contributed by atoms with Crippen molar-refractivity contribution in [2.45, 2.75) is 63.2 Å². The number of benzene rings is 2. The predicted molar refractivity (Wildman–Crippen MR) is 113 cm³/mol. The lowest BCUT2D eigenvalue weighted by Crippen LogP contribution is -2.52. The molecule has 1 aliphatic carbocycles. The van der Waals surface area contributed by atoms with E-state index in [2.05, 4.69) is 28.1 Å². The highest BCUT2D eigenvalue weighted by molar-refractivity contribution is 5.91.